The number of oxime groups is 1. The summed E-state index contributed by atoms with van der Waals surface area (Å²) < 4.78 is 4.87. The van der Waals surface area contributed by atoms with Crippen molar-refractivity contribution >= 4 is 17.7 Å². The molecule has 0 aromatic heterocycles. The van der Waals surface area contributed by atoms with Crippen LogP contribution in [0.25, 0.3) is 0 Å². The zero-order valence-corrected chi connectivity index (χ0v) is 10.0. The minimum absolute atomic E-state index is 0.163. The van der Waals surface area contributed by atoms with Gasteiger partial charge in [0.2, 0.25) is 0 Å². The van der Waals surface area contributed by atoms with Gasteiger partial charge in [0, 0.05) is 25.9 Å². The average molecular weight is 243 g/mol. The summed E-state index contributed by atoms with van der Waals surface area (Å²) in [6, 6.07) is 0. The zero-order valence-electron chi connectivity index (χ0n) is 10.0. The molecule has 1 aliphatic heterocycles. The lowest BCUT2D eigenvalue weighted by Crippen LogP contribution is -2.44. The van der Waals surface area contributed by atoms with Crippen LogP contribution >= 0.6 is 0 Å². The van der Waals surface area contributed by atoms with E-state index in [1.807, 2.05) is 0 Å². The number of nitrogens with two attached hydrogens (primary N) is 1. The number of carbonyl (C=O) groups is 2. The molecule has 0 radical (unpaired) electrons. The van der Waals surface area contributed by atoms with Gasteiger partial charge in [0.05, 0.1) is 0 Å². The molecule has 0 atom stereocenters. The van der Waals surface area contributed by atoms with Gasteiger partial charge < -0.3 is 20.2 Å². The fraction of sp³-hybridized carbons (Fsp3) is 0.700. The van der Waals surface area contributed by atoms with Gasteiger partial charge in [0.15, 0.2) is 0 Å². The second-order valence-electron chi connectivity index (χ2n) is 3.79. The second-order valence-corrected chi connectivity index (χ2v) is 3.79. The molecule has 0 spiro atoms. The van der Waals surface area contributed by atoms with Crippen molar-refractivity contribution in [1.82, 2.24) is 4.90 Å². The fourth-order valence-electron chi connectivity index (χ4n) is 1.75. The van der Waals surface area contributed by atoms with E-state index < -0.39 is 6.09 Å². The van der Waals surface area contributed by atoms with Crippen LogP contribution in [0.3, 0.4) is 0 Å². The van der Waals surface area contributed by atoms with E-state index in [1.165, 1.54) is 7.11 Å². The Hall–Kier alpha value is -1.79. The number of primary amides is 1. The van der Waals surface area contributed by atoms with Crippen LogP contribution in [0.4, 0.5) is 4.79 Å². The van der Waals surface area contributed by atoms with Crippen molar-refractivity contribution in [2.45, 2.75) is 25.9 Å². The number of ether oxygens (including phenoxy) is 1. The largest absolute Gasteiger partial charge is 0.446 e. The average Bonchev–Trinajstić information content (AvgIpc) is 2.28. The van der Waals surface area contributed by atoms with Crippen LogP contribution in [0, 0.1) is 0 Å². The number of hydrogen-bond acceptors (Lipinski definition) is 5. The van der Waals surface area contributed by atoms with E-state index in [0.29, 0.717) is 31.6 Å². The standard InChI is InChI=1S/C10H17N3O4/c1-7(12-16-2)9(14)13-5-3-8(4-6-13)17-10(11)15/h8H,3-6H2,1-2H3,(H2,11,15)/b12-7-. The highest BCUT2D eigenvalue weighted by atomic mass is 16.6. The first kappa shape index (κ1) is 13.3. The number of hydrogen-bond donors (Lipinski definition) is 1. The number of piperidine rings is 1. The topological polar surface area (TPSA) is 94.2 Å². The molecular weight excluding hydrogens is 226 g/mol. The van der Waals surface area contributed by atoms with Gasteiger partial charge in [0.25, 0.3) is 5.91 Å². The number of amides is 2. The third-order valence-electron chi connectivity index (χ3n) is 2.55. The molecular formula is C10H17N3O4. The molecule has 1 aliphatic rings. The van der Waals surface area contributed by atoms with Gasteiger partial charge >= 0.3 is 6.09 Å². The first-order valence-corrected chi connectivity index (χ1v) is 5.37. The van der Waals surface area contributed by atoms with Crippen molar-refractivity contribution in [3.05, 3.63) is 0 Å². The highest BCUT2D eigenvalue weighted by Crippen LogP contribution is 2.14. The van der Waals surface area contributed by atoms with Crippen molar-refractivity contribution in [2.24, 2.45) is 10.9 Å². The van der Waals surface area contributed by atoms with E-state index in [1.54, 1.807) is 11.8 Å². The molecule has 0 bridgehead atoms. The van der Waals surface area contributed by atoms with Gasteiger partial charge in [-0.25, -0.2) is 4.79 Å². The van der Waals surface area contributed by atoms with Gasteiger partial charge in [-0.05, 0) is 6.92 Å². The van der Waals surface area contributed by atoms with Crippen molar-refractivity contribution in [2.75, 3.05) is 20.2 Å². The Morgan fingerprint density at radius 2 is 1.94 bits per heavy atom. The van der Waals surface area contributed by atoms with E-state index >= 15 is 0 Å². The molecule has 2 N–H and O–H groups in total. The first-order chi connectivity index (χ1) is 8.04. The summed E-state index contributed by atoms with van der Waals surface area (Å²) in [6.45, 7) is 2.64. The molecule has 96 valence electrons. The van der Waals surface area contributed by atoms with Gasteiger partial charge in [-0.3, -0.25) is 4.79 Å². The Labute approximate surface area is 99.5 Å². The maximum absolute atomic E-state index is 11.8. The van der Waals surface area contributed by atoms with Crippen molar-refractivity contribution in [1.29, 1.82) is 0 Å². The Kier molecular flexibility index (Phi) is 4.74. The van der Waals surface area contributed by atoms with Crippen LogP contribution in [0.2, 0.25) is 0 Å². The Bertz CT molecular complexity index is 322. The molecule has 0 aliphatic carbocycles. The smallest absolute Gasteiger partial charge is 0.404 e. The number of likely N-dealkylation sites (tertiary alicyclic amines) is 1. The van der Waals surface area contributed by atoms with E-state index in [2.05, 4.69) is 9.99 Å². The van der Waals surface area contributed by atoms with Gasteiger partial charge in [-0.1, -0.05) is 5.16 Å². The molecule has 17 heavy (non-hydrogen) atoms. The lowest BCUT2D eigenvalue weighted by atomic mass is 10.1. The Morgan fingerprint density at radius 1 is 1.35 bits per heavy atom. The quantitative estimate of drug-likeness (QED) is 0.561. The molecule has 7 heteroatoms. The van der Waals surface area contributed by atoms with Crippen LogP contribution in [0.15, 0.2) is 5.16 Å². The van der Waals surface area contributed by atoms with Crippen LogP contribution in [0.1, 0.15) is 19.8 Å². The molecule has 0 saturated carbocycles. The second kappa shape index (κ2) is 6.07. The molecule has 1 rings (SSSR count). The summed E-state index contributed by atoms with van der Waals surface area (Å²) >= 11 is 0. The fourth-order valence-corrected chi connectivity index (χ4v) is 1.75. The Morgan fingerprint density at radius 3 is 2.41 bits per heavy atom. The minimum atomic E-state index is -0.771. The molecule has 1 heterocycles. The maximum Gasteiger partial charge on any atom is 0.404 e. The summed E-state index contributed by atoms with van der Waals surface area (Å²) in [5, 5.41) is 3.59. The SMILES string of the molecule is CO/N=C(/C)C(=O)N1CCC(OC(N)=O)CC1. The van der Waals surface area contributed by atoms with Crippen LogP contribution in [0.5, 0.6) is 0 Å². The number of nitrogens with zero attached hydrogens (tertiary/aromatic N) is 2. The molecule has 0 aromatic carbocycles. The zero-order chi connectivity index (χ0) is 12.8. The number of rotatable bonds is 3. The van der Waals surface area contributed by atoms with E-state index in [-0.39, 0.29) is 12.0 Å². The highest BCUT2D eigenvalue weighted by Gasteiger charge is 2.25. The molecule has 1 fully saturated rings. The monoisotopic (exact) mass is 243 g/mol. The molecule has 0 aromatic rings. The van der Waals surface area contributed by atoms with Gasteiger partial charge in [-0.15, -0.1) is 0 Å². The van der Waals surface area contributed by atoms with Crippen LogP contribution in [-0.4, -0.2) is 48.9 Å². The lowest BCUT2D eigenvalue weighted by molar-refractivity contribution is -0.126. The van der Waals surface area contributed by atoms with E-state index in [0.717, 1.165) is 0 Å². The summed E-state index contributed by atoms with van der Waals surface area (Å²) in [5.41, 5.74) is 5.24. The van der Waals surface area contributed by atoms with Crippen LogP contribution in [-0.2, 0) is 14.4 Å². The predicted octanol–water partition coefficient (Wildman–Crippen LogP) is 0.0950. The van der Waals surface area contributed by atoms with E-state index in [9.17, 15) is 9.59 Å². The van der Waals surface area contributed by atoms with Crippen molar-refractivity contribution in [3.8, 4) is 0 Å². The third-order valence-corrected chi connectivity index (χ3v) is 2.55. The van der Waals surface area contributed by atoms with Gasteiger partial charge in [-0.2, -0.15) is 0 Å². The summed E-state index contributed by atoms with van der Waals surface area (Å²) in [7, 11) is 1.39. The minimum Gasteiger partial charge on any atom is -0.446 e. The molecule has 7 nitrogen and oxygen atoms in total. The Balaban J connectivity index is 2.44. The lowest BCUT2D eigenvalue weighted by Gasteiger charge is -2.31. The molecule has 1 saturated heterocycles. The van der Waals surface area contributed by atoms with Crippen molar-refractivity contribution in [3.63, 3.8) is 0 Å². The van der Waals surface area contributed by atoms with E-state index in [4.69, 9.17) is 10.5 Å². The molecule has 0 unspecified atom stereocenters. The van der Waals surface area contributed by atoms with Gasteiger partial charge in [0.1, 0.15) is 18.9 Å². The third kappa shape index (κ3) is 3.93. The number of carbonyl (C=O) groups excluding carboxylic acids is 2. The normalized spacial score (nSPS) is 17.8. The summed E-state index contributed by atoms with van der Waals surface area (Å²) in [5.74, 6) is -0.163. The van der Waals surface area contributed by atoms with Crippen LogP contribution < -0.4 is 5.73 Å². The highest BCUT2D eigenvalue weighted by molar-refractivity contribution is 6.37. The predicted molar refractivity (Wildman–Crippen MR) is 60.4 cm³/mol. The molecule has 2 amide bonds. The summed E-state index contributed by atoms with van der Waals surface area (Å²) in [6.07, 6.45) is 0.215. The summed E-state index contributed by atoms with van der Waals surface area (Å²) in [4.78, 5) is 28.6. The van der Waals surface area contributed by atoms with Crippen molar-refractivity contribution < 1.29 is 19.2 Å². The first-order valence-electron chi connectivity index (χ1n) is 5.37. The maximum atomic E-state index is 11.8.